The molecule has 0 unspecified atom stereocenters. The monoisotopic (exact) mass is 466 g/mol. The van der Waals surface area contributed by atoms with E-state index in [-0.39, 0.29) is 30.0 Å². The maximum Gasteiger partial charge on any atom is 0.291 e. The molecule has 172 valence electrons. The highest BCUT2D eigenvalue weighted by molar-refractivity contribution is 7.18. The first-order valence-corrected chi connectivity index (χ1v) is 11.5. The number of furan rings is 1. The third-order valence-corrected chi connectivity index (χ3v) is 6.69. The summed E-state index contributed by atoms with van der Waals surface area (Å²) in [6, 6.07) is 12.5. The number of piperazine rings is 1. The Hall–Kier alpha value is -3.43. The van der Waals surface area contributed by atoms with E-state index in [2.05, 4.69) is 10.6 Å². The molecule has 0 bridgehead atoms. The van der Waals surface area contributed by atoms with Crippen molar-refractivity contribution in [2.45, 2.75) is 13.8 Å². The van der Waals surface area contributed by atoms with Gasteiger partial charge in [-0.1, -0.05) is 12.1 Å². The van der Waals surface area contributed by atoms with Crippen LogP contribution in [-0.4, -0.2) is 60.2 Å². The fourth-order valence-electron chi connectivity index (χ4n) is 3.65. The number of hydrogen-bond acceptors (Lipinski definition) is 6. The van der Waals surface area contributed by atoms with E-state index in [1.807, 2.05) is 36.9 Å². The van der Waals surface area contributed by atoms with Gasteiger partial charge in [0.25, 0.3) is 11.8 Å². The van der Waals surface area contributed by atoms with Gasteiger partial charge in [-0.05, 0) is 55.3 Å². The largest absolute Gasteiger partial charge is 0.459 e. The lowest BCUT2D eigenvalue weighted by molar-refractivity contribution is -0.117. The van der Waals surface area contributed by atoms with E-state index in [1.165, 1.54) is 17.6 Å². The van der Waals surface area contributed by atoms with Crippen molar-refractivity contribution in [3.8, 4) is 0 Å². The number of nitrogens with one attached hydrogen (secondary N) is 2. The number of carbonyl (C=O) groups excluding carboxylic acids is 3. The Balaban J connectivity index is 1.26. The van der Waals surface area contributed by atoms with Crippen LogP contribution in [0.5, 0.6) is 0 Å². The molecule has 8 nitrogen and oxygen atoms in total. The van der Waals surface area contributed by atoms with Gasteiger partial charge in [-0.2, -0.15) is 0 Å². The van der Waals surface area contributed by atoms with Crippen LogP contribution < -0.4 is 10.6 Å². The number of amides is 3. The first kappa shape index (κ1) is 22.8. The Bertz CT molecular complexity index is 1150. The van der Waals surface area contributed by atoms with Crippen molar-refractivity contribution in [3.63, 3.8) is 0 Å². The summed E-state index contributed by atoms with van der Waals surface area (Å²) in [5.74, 6) is -0.265. The van der Waals surface area contributed by atoms with E-state index in [0.717, 1.165) is 16.8 Å². The van der Waals surface area contributed by atoms with Gasteiger partial charge in [0.2, 0.25) is 5.91 Å². The molecule has 3 amide bonds. The zero-order chi connectivity index (χ0) is 23.4. The minimum Gasteiger partial charge on any atom is -0.459 e. The molecule has 0 radical (unpaired) electrons. The highest BCUT2D eigenvalue weighted by atomic mass is 32.1. The molecule has 0 atom stereocenters. The molecule has 33 heavy (non-hydrogen) atoms. The van der Waals surface area contributed by atoms with Crippen LogP contribution in [0.2, 0.25) is 0 Å². The van der Waals surface area contributed by atoms with Gasteiger partial charge >= 0.3 is 0 Å². The summed E-state index contributed by atoms with van der Waals surface area (Å²) < 4.78 is 5.08. The summed E-state index contributed by atoms with van der Waals surface area (Å²) in [4.78, 5) is 41.8. The molecular formula is C24H26N4O4S. The fourth-order valence-corrected chi connectivity index (χ4v) is 4.51. The zero-order valence-corrected chi connectivity index (χ0v) is 19.4. The van der Waals surface area contributed by atoms with Gasteiger partial charge in [0.05, 0.1) is 22.7 Å². The van der Waals surface area contributed by atoms with Crippen molar-refractivity contribution in [1.29, 1.82) is 0 Å². The maximum absolute atomic E-state index is 12.9. The van der Waals surface area contributed by atoms with Gasteiger partial charge in [0.1, 0.15) is 0 Å². The molecule has 3 heterocycles. The van der Waals surface area contributed by atoms with E-state index in [1.54, 1.807) is 29.2 Å². The normalized spacial score (nSPS) is 14.2. The van der Waals surface area contributed by atoms with Crippen LogP contribution in [0.1, 0.15) is 31.4 Å². The number of anilines is 2. The zero-order valence-electron chi connectivity index (χ0n) is 18.6. The maximum atomic E-state index is 12.9. The summed E-state index contributed by atoms with van der Waals surface area (Å²) in [7, 11) is 0. The molecule has 0 spiro atoms. The van der Waals surface area contributed by atoms with Crippen LogP contribution in [0.15, 0.2) is 53.1 Å². The first-order chi connectivity index (χ1) is 15.9. The summed E-state index contributed by atoms with van der Waals surface area (Å²) >= 11 is 1.23. The first-order valence-electron chi connectivity index (χ1n) is 10.7. The van der Waals surface area contributed by atoms with Crippen molar-refractivity contribution in [2.24, 2.45) is 0 Å². The third kappa shape index (κ3) is 5.50. The van der Waals surface area contributed by atoms with Gasteiger partial charge in [-0.25, -0.2) is 0 Å². The number of benzene rings is 1. The van der Waals surface area contributed by atoms with E-state index >= 15 is 0 Å². The summed E-state index contributed by atoms with van der Waals surface area (Å²) in [6.07, 6.45) is 1.44. The Morgan fingerprint density at radius 1 is 0.970 bits per heavy atom. The van der Waals surface area contributed by atoms with Crippen LogP contribution in [0.4, 0.5) is 10.7 Å². The van der Waals surface area contributed by atoms with Crippen LogP contribution in [0.25, 0.3) is 0 Å². The molecule has 1 aliphatic heterocycles. The SMILES string of the molecule is Cc1cccc(NC(=O)CN2CCN(C(=O)c3ccc(NC(=O)c4ccco4)s3)CC2)c1C. The number of rotatable bonds is 6. The molecule has 1 aromatic carbocycles. The Labute approximate surface area is 196 Å². The second-order valence-corrected chi connectivity index (χ2v) is 9.04. The Morgan fingerprint density at radius 3 is 2.48 bits per heavy atom. The standard InChI is InChI=1S/C24H26N4O4S/c1-16-5-3-6-18(17(16)2)25-21(29)15-27-10-12-28(13-11-27)24(31)20-8-9-22(33-20)26-23(30)19-7-4-14-32-19/h3-9,14H,10-13,15H2,1-2H3,(H,25,29)(H,26,30). The summed E-state index contributed by atoms with van der Waals surface area (Å²) in [5, 5.41) is 6.31. The molecule has 4 rings (SSSR count). The molecule has 2 N–H and O–H groups in total. The van der Waals surface area contributed by atoms with Gasteiger partial charge < -0.3 is 20.0 Å². The average Bonchev–Trinajstić information content (AvgIpc) is 3.49. The average molecular weight is 467 g/mol. The number of hydrogen-bond donors (Lipinski definition) is 2. The molecule has 1 saturated heterocycles. The van der Waals surface area contributed by atoms with Crippen molar-refractivity contribution in [1.82, 2.24) is 9.80 Å². The van der Waals surface area contributed by atoms with Crippen LogP contribution >= 0.6 is 11.3 Å². The number of thiophene rings is 1. The van der Waals surface area contributed by atoms with E-state index < -0.39 is 0 Å². The Morgan fingerprint density at radius 2 is 1.76 bits per heavy atom. The molecule has 3 aromatic rings. The Kier molecular flexibility index (Phi) is 6.90. The number of aryl methyl sites for hydroxylation is 1. The second kappa shape index (κ2) is 10.0. The van der Waals surface area contributed by atoms with Crippen LogP contribution in [-0.2, 0) is 4.79 Å². The van der Waals surface area contributed by atoms with Crippen molar-refractivity contribution in [2.75, 3.05) is 43.4 Å². The fraction of sp³-hybridized carbons (Fsp3) is 0.292. The van der Waals surface area contributed by atoms with Crippen molar-refractivity contribution in [3.05, 3.63) is 70.5 Å². The molecule has 2 aromatic heterocycles. The lowest BCUT2D eigenvalue weighted by atomic mass is 10.1. The highest BCUT2D eigenvalue weighted by Crippen LogP contribution is 2.24. The van der Waals surface area contributed by atoms with Gasteiger partial charge in [-0.3, -0.25) is 19.3 Å². The quantitative estimate of drug-likeness (QED) is 0.579. The van der Waals surface area contributed by atoms with E-state index in [9.17, 15) is 14.4 Å². The highest BCUT2D eigenvalue weighted by Gasteiger charge is 2.24. The van der Waals surface area contributed by atoms with Gasteiger partial charge in [0, 0.05) is 31.9 Å². The molecule has 0 saturated carbocycles. The van der Waals surface area contributed by atoms with E-state index in [0.29, 0.717) is 36.1 Å². The van der Waals surface area contributed by atoms with E-state index in [4.69, 9.17) is 4.42 Å². The molecule has 1 aliphatic rings. The van der Waals surface area contributed by atoms with Crippen molar-refractivity contribution < 1.29 is 18.8 Å². The minimum absolute atomic E-state index is 0.0568. The smallest absolute Gasteiger partial charge is 0.291 e. The number of carbonyl (C=O) groups is 3. The predicted molar refractivity (Wildman–Crippen MR) is 128 cm³/mol. The van der Waals surface area contributed by atoms with Crippen LogP contribution in [0, 0.1) is 13.8 Å². The second-order valence-electron chi connectivity index (χ2n) is 7.96. The molecular weight excluding hydrogens is 440 g/mol. The van der Waals surface area contributed by atoms with Crippen LogP contribution in [0.3, 0.4) is 0 Å². The summed E-state index contributed by atoms with van der Waals surface area (Å²) in [6.45, 7) is 6.64. The molecule has 0 aliphatic carbocycles. The molecule has 9 heteroatoms. The number of nitrogens with zero attached hydrogens (tertiary/aromatic N) is 2. The lowest BCUT2D eigenvalue weighted by Gasteiger charge is -2.34. The topological polar surface area (TPSA) is 94.9 Å². The summed E-state index contributed by atoms with van der Waals surface area (Å²) in [5.41, 5.74) is 3.04. The van der Waals surface area contributed by atoms with Crippen molar-refractivity contribution >= 4 is 39.7 Å². The molecule has 1 fully saturated rings. The lowest BCUT2D eigenvalue weighted by Crippen LogP contribution is -2.50. The van der Waals surface area contributed by atoms with Gasteiger partial charge in [-0.15, -0.1) is 11.3 Å². The third-order valence-electron chi connectivity index (χ3n) is 5.70. The predicted octanol–water partition coefficient (Wildman–Crippen LogP) is 3.61. The van der Waals surface area contributed by atoms with Gasteiger partial charge in [0.15, 0.2) is 5.76 Å². The minimum atomic E-state index is -0.353.